The van der Waals surface area contributed by atoms with Crippen molar-refractivity contribution < 1.29 is 26.3 Å². The highest BCUT2D eigenvalue weighted by Gasteiger charge is 2.35. The molecule has 0 spiro atoms. The molecule has 0 radical (unpaired) electrons. The summed E-state index contributed by atoms with van der Waals surface area (Å²) in [5.74, 6) is -0.468. The fraction of sp³-hybridized carbons (Fsp3) is 0.286. The zero-order valence-electron chi connectivity index (χ0n) is 12.7. The van der Waals surface area contributed by atoms with Crippen molar-refractivity contribution in [3.8, 4) is 11.8 Å². The van der Waals surface area contributed by atoms with E-state index < -0.39 is 45.4 Å². The highest BCUT2D eigenvalue weighted by molar-refractivity contribution is 8.00. The molecule has 4 nitrogen and oxygen atoms in total. The Kier molecular flexibility index (Phi) is 4.69. The molecule has 1 aromatic carbocycles. The fourth-order valence-corrected chi connectivity index (χ4v) is 2.94. The van der Waals surface area contributed by atoms with E-state index in [1.807, 2.05) is 0 Å². The topological polar surface area (TPSA) is 67.6 Å². The lowest BCUT2D eigenvalue weighted by atomic mass is 10.0. The van der Waals surface area contributed by atoms with Crippen LogP contribution in [0, 0.1) is 25.2 Å². The maximum atomic E-state index is 12.9. The van der Waals surface area contributed by atoms with Gasteiger partial charge in [-0.3, -0.25) is 0 Å². The molecular formula is C14H10F6N4S. The van der Waals surface area contributed by atoms with Crippen LogP contribution in [0.1, 0.15) is 22.4 Å². The van der Waals surface area contributed by atoms with Gasteiger partial charge in [0.05, 0.1) is 16.1 Å². The molecule has 25 heavy (non-hydrogen) atoms. The minimum Gasteiger partial charge on any atom is -0.383 e. The van der Waals surface area contributed by atoms with Crippen LogP contribution >= 0.6 is 11.8 Å². The van der Waals surface area contributed by atoms with E-state index in [4.69, 9.17) is 11.0 Å². The van der Waals surface area contributed by atoms with Crippen LogP contribution in [-0.4, -0.2) is 15.3 Å². The second-order valence-electron chi connectivity index (χ2n) is 5.09. The number of nitrogens with two attached hydrogens (primary N) is 1. The summed E-state index contributed by atoms with van der Waals surface area (Å²) in [6, 6.07) is 3.19. The van der Waals surface area contributed by atoms with Gasteiger partial charge in [0.1, 0.15) is 11.9 Å². The molecule has 0 atom stereocenters. The predicted octanol–water partition coefficient (Wildman–Crippen LogP) is 4.57. The number of rotatable bonds is 2. The van der Waals surface area contributed by atoms with E-state index in [0.717, 1.165) is 16.8 Å². The highest BCUT2D eigenvalue weighted by Crippen LogP contribution is 2.42. The molecular weight excluding hydrogens is 370 g/mol. The lowest BCUT2D eigenvalue weighted by Crippen LogP contribution is -2.11. The number of thioether (sulfide) groups is 1. The van der Waals surface area contributed by atoms with E-state index in [-0.39, 0.29) is 16.8 Å². The Morgan fingerprint density at radius 3 is 2.04 bits per heavy atom. The van der Waals surface area contributed by atoms with Crippen molar-refractivity contribution in [2.75, 3.05) is 5.73 Å². The summed E-state index contributed by atoms with van der Waals surface area (Å²) in [6.45, 7) is 2.70. The molecule has 2 rings (SSSR count). The normalized spacial score (nSPS) is 12.3. The molecule has 134 valence electrons. The van der Waals surface area contributed by atoms with Gasteiger partial charge in [-0.2, -0.15) is 36.7 Å². The molecule has 0 fully saturated rings. The fourth-order valence-electron chi connectivity index (χ4n) is 2.33. The van der Waals surface area contributed by atoms with Gasteiger partial charge in [0.15, 0.2) is 5.69 Å². The number of benzene rings is 1. The molecule has 0 aliphatic rings. The average molecular weight is 380 g/mol. The first-order valence-electron chi connectivity index (χ1n) is 6.58. The van der Waals surface area contributed by atoms with Crippen molar-refractivity contribution in [2.24, 2.45) is 0 Å². The molecule has 0 bridgehead atoms. The predicted molar refractivity (Wildman–Crippen MR) is 79.1 cm³/mol. The van der Waals surface area contributed by atoms with Crippen molar-refractivity contribution in [2.45, 2.75) is 30.4 Å². The number of nitriles is 1. The molecule has 1 aromatic heterocycles. The summed E-state index contributed by atoms with van der Waals surface area (Å²) in [6.07, 6.45) is -4.57. The number of nitrogen functional groups attached to an aromatic ring is 1. The van der Waals surface area contributed by atoms with E-state index in [9.17, 15) is 26.3 Å². The number of hydrogen-bond acceptors (Lipinski definition) is 4. The Balaban J connectivity index is 2.66. The minimum atomic E-state index is -4.70. The Hall–Kier alpha value is -2.35. The Morgan fingerprint density at radius 1 is 1.12 bits per heavy atom. The van der Waals surface area contributed by atoms with Gasteiger partial charge in [-0.25, -0.2) is 4.68 Å². The summed E-state index contributed by atoms with van der Waals surface area (Å²) in [5.41, 5.74) is -0.162. The number of alkyl halides is 6. The molecule has 2 N–H and O–H groups in total. The minimum absolute atomic E-state index is 0.0935. The first-order chi connectivity index (χ1) is 11.3. The Morgan fingerprint density at radius 2 is 1.64 bits per heavy atom. The molecule has 0 aliphatic carbocycles. The van der Waals surface area contributed by atoms with E-state index in [1.165, 1.54) is 19.9 Å². The second-order valence-corrected chi connectivity index (χ2v) is 6.17. The average Bonchev–Trinajstić information content (AvgIpc) is 2.73. The van der Waals surface area contributed by atoms with Crippen LogP contribution in [0.3, 0.4) is 0 Å². The van der Waals surface area contributed by atoms with Gasteiger partial charge in [0, 0.05) is 0 Å². The van der Waals surface area contributed by atoms with Crippen molar-refractivity contribution in [1.82, 2.24) is 9.78 Å². The molecule has 0 amide bonds. The summed E-state index contributed by atoms with van der Waals surface area (Å²) in [4.78, 5) is -0.589. The Bertz CT molecular complexity index is 837. The van der Waals surface area contributed by atoms with Gasteiger partial charge >= 0.3 is 11.7 Å². The van der Waals surface area contributed by atoms with Crippen LogP contribution in [0.5, 0.6) is 0 Å². The summed E-state index contributed by atoms with van der Waals surface area (Å²) < 4.78 is 77.3. The quantitative estimate of drug-likeness (QED) is 0.612. The molecule has 11 heteroatoms. The van der Waals surface area contributed by atoms with Crippen molar-refractivity contribution in [1.29, 1.82) is 5.26 Å². The monoisotopic (exact) mass is 380 g/mol. The number of hydrogen-bond donors (Lipinski definition) is 1. The third kappa shape index (κ3) is 3.84. The number of nitrogens with zero attached hydrogens (tertiary/aromatic N) is 3. The van der Waals surface area contributed by atoms with Crippen molar-refractivity contribution in [3.05, 3.63) is 34.5 Å². The van der Waals surface area contributed by atoms with Gasteiger partial charge < -0.3 is 5.73 Å². The van der Waals surface area contributed by atoms with Crippen LogP contribution in [0.25, 0.3) is 5.69 Å². The summed E-state index contributed by atoms with van der Waals surface area (Å²) >= 11 is -0.598. The van der Waals surface area contributed by atoms with Gasteiger partial charge in [-0.15, -0.1) is 0 Å². The summed E-state index contributed by atoms with van der Waals surface area (Å²) in [7, 11) is 0. The van der Waals surface area contributed by atoms with Crippen LogP contribution in [0.4, 0.5) is 32.2 Å². The zero-order chi connectivity index (χ0) is 19.2. The first kappa shape index (κ1) is 19.0. The van der Waals surface area contributed by atoms with E-state index >= 15 is 0 Å². The van der Waals surface area contributed by atoms with Crippen LogP contribution < -0.4 is 5.73 Å². The molecule has 0 saturated heterocycles. The molecule has 2 aromatic rings. The Labute approximate surface area is 142 Å². The maximum Gasteiger partial charge on any atom is 0.446 e. The molecule has 0 unspecified atom stereocenters. The number of aromatic nitrogens is 2. The number of aryl methyl sites for hydroxylation is 2. The second kappa shape index (κ2) is 6.18. The molecule has 0 saturated carbocycles. The molecule has 1 heterocycles. The van der Waals surface area contributed by atoms with Crippen LogP contribution in [0.2, 0.25) is 0 Å². The standard InChI is InChI=1S/C14H10F6N4S/c1-6-3-8(13(15,16)17)4-7(2)10(6)24-12(22)11(9(5-21)23-24)25-14(18,19)20/h3-4H,22H2,1-2H3. The smallest absolute Gasteiger partial charge is 0.383 e. The van der Waals surface area contributed by atoms with Gasteiger partial charge in [0.2, 0.25) is 0 Å². The van der Waals surface area contributed by atoms with Crippen molar-refractivity contribution in [3.63, 3.8) is 0 Å². The third-order valence-corrected chi connectivity index (χ3v) is 4.07. The number of anilines is 1. The largest absolute Gasteiger partial charge is 0.446 e. The lowest BCUT2D eigenvalue weighted by molar-refractivity contribution is -0.137. The van der Waals surface area contributed by atoms with E-state index in [0.29, 0.717) is 0 Å². The van der Waals surface area contributed by atoms with Gasteiger partial charge in [-0.05, 0) is 48.9 Å². The van der Waals surface area contributed by atoms with E-state index in [1.54, 1.807) is 0 Å². The van der Waals surface area contributed by atoms with E-state index in [2.05, 4.69) is 5.10 Å². The molecule has 0 aliphatic heterocycles. The van der Waals surface area contributed by atoms with Crippen LogP contribution in [0.15, 0.2) is 17.0 Å². The zero-order valence-corrected chi connectivity index (χ0v) is 13.6. The van der Waals surface area contributed by atoms with Gasteiger partial charge in [0.25, 0.3) is 0 Å². The SMILES string of the molecule is Cc1cc(C(F)(F)F)cc(C)c1-n1nc(C#N)c(SC(F)(F)F)c1N. The highest BCUT2D eigenvalue weighted by atomic mass is 32.2. The lowest BCUT2D eigenvalue weighted by Gasteiger charge is -2.15. The maximum absolute atomic E-state index is 12.9. The first-order valence-corrected chi connectivity index (χ1v) is 7.40. The van der Waals surface area contributed by atoms with Crippen molar-refractivity contribution >= 4 is 17.6 Å². The summed E-state index contributed by atoms with van der Waals surface area (Å²) in [5, 5.41) is 12.7. The van der Waals surface area contributed by atoms with Crippen LogP contribution in [-0.2, 0) is 6.18 Å². The number of halogens is 6. The van der Waals surface area contributed by atoms with Gasteiger partial charge in [-0.1, -0.05) is 0 Å². The third-order valence-electron chi connectivity index (χ3n) is 3.23.